The lowest BCUT2D eigenvalue weighted by atomic mass is 10.0. The van der Waals surface area contributed by atoms with Crippen LogP contribution in [0.4, 0.5) is 15.3 Å². The Labute approximate surface area is 261 Å². The van der Waals surface area contributed by atoms with Crippen LogP contribution < -0.4 is 27.0 Å². The molecule has 1 aromatic carbocycles. The fourth-order valence-electron chi connectivity index (χ4n) is 4.62. The summed E-state index contributed by atoms with van der Waals surface area (Å²) in [5, 5.41) is 20.2. The van der Waals surface area contributed by atoms with Gasteiger partial charge < -0.3 is 36.8 Å². The summed E-state index contributed by atoms with van der Waals surface area (Å²) in [6.45, 7) is 13.5. The summed E-state index contributed by atoms with van der Waals surface area (Å²) < 4.78 is 5.32. The summed E-state index contributed by atoms with van der Waals surface area (Å²) >= 11 is 0. The molecule has 0 aliphatic rings. The van der Waals surface area contributed by atoms with Crippen LogP contribution in [0.5, 0.6) is 0 Å². The number of ether oxygens (including phenoxy) is 1. The number of aliphatic carboxylic acids is 1. The van der Waals surface area contributed by atoms with Crippen LogP contribution in [0.15, 0.2) is 24.3 Å². The highest BCUT2D eigenvalue weighted by Gasteiger charge is 2.29. The Morgan fingerprint density at radius 2 is 1.57 bits per heavy atom. The van der Waals surface area contributed by atoms with Gasteiger partial charge in [0.25, 0.3) is 0 Å². The first-order valence-electron chi connectivity index (χ1n) is 15.1. The van der Waals surface area contributed by atoms with E-state index in [1.54, 1.807) is 40.0 Å². The summed E-state index contributed by atoms with van der Waals surface area (Å²) in [7, 11) is 1.79. The molecule has 1 aromatic rings. The Morgan fingerprint density at radius 1 is 0.955 bits per heavy atom. The Balaban J connectivity index is 2.98. The number of nitrogens with zero attached hydrogens (tertiary/aromatic N) is 1. The summed E-state index contributed by atoms with van der Waals surface area (Å²) in [5.41, 5.74) is 5.87. The highest BCUT2D eigenvalue weighted by molar-refractivity contribution is 5.98. The molecule has 3 unspecified atom stereocenters. The van der Waals surface area contributed by atoms with E-state index >= 15 is 0 Å². The molecular weight excluding hydrogens is 568 g/mol. The smallest absolute Gasteiger partial charge is 0.408 e. The Kier molecular flexibility index (Phi) is 15.7. The van der Waals surface area contributed by atoms with Crippen molar-refractivity contribution in [2.75, 3.05) is 25.5 Å². The van der Waals surface area contributed by atoms with Gasteiger partial charge >= 0.3 is 18.1 Å². The zero-order valence-electron chi connectivity index (χ0n) is 27.4. The van der Waals surface area contributed by atoms with Crippen molar-refractivity contribution in [3.63, 3.8) is 0 Å². The number of carboxylic acid groups (broad SMARTS) is 1. The second-order valence-electron chi connectivity index (χ2n) is 12.8. The first-order valence-corrected chi connectivity index (χ1v) is 15.1. The van der Waals surface area contributed by atoms with Crippen LogP contribution in [0, 0.1) is 11.8 Å². The molecule has 0 bridgehead atoms. The van der Waals surface area contributed by atoms with Crippen LogP contribution in [-0.4, -0.2) is 83.8 Å². The largest absolute Gasteiger partial charge is 0.480 e. The lowest BCUT2D eigenvalue weighted by molar-refractivity contribution is -0.144. The minimum absolute atomic E-state index is 0.0381. The van der Waals surface area contributed by atoms with E-state index in [4.69, 9.17) is 10.5 Å². The van der Waals surface area contributed by atoms with Crippen molar-refractivity contribution >= 4 is 35.6 Å². The highest BCUT2D eigenvalue weighted by atomic mass is 16.6. The molecule has 0 aliphatic heterocycles. The second-order valence-corrected chi connectivity index (χ2v) is 12.8. The van der Waals surface area contributed by atoms with Crippen LogP contribution in [0.3, 0.4) is 0 Å². The number of alkyl carbamates (subject to hydrolysis) is 1. The van der Waals surface area contributed by atoms with Crippen LogP contribution >= 0.6 is 0 Å². The molecule has 44 heavy (non-hydrogen) atoms. The van der Waals surface area contributed by atoms with Gasteiger partial charge in [0.2, 0.25) is 11.8 Å². The van der Waals surface area contributed by atoms with Crippen LogP contribution in [0.1, 0.15) is 73.3 Å². The predicted molar refractivity (Wildman–Crippen MR) is 169 cm³/mol. The molecule has 13 nitrogen and oxygen atoms in total. The molecule has 3 atom stereocenters. The lowest BCUT2D eigenvalue weighted by Crippen LogP contribution is -2.53. The van der Waals surface area contributed by atoms with Gasteiger partial charge in [-0.05, 0) is 83.0 Å². The first-order chi connectivity index (χ1) is 20.4. The average molecular weight is 621 g/mol. The maximum atomic E-state index is 13.3. The van der Waals surface area contributed by atoms with Crippen molar-refractivity contribution in [3.8, 4) is 0 Å². The zero-order valence-corrected chi connectivity index (χ0v) is 27.4. The fourth-order valence-corrected chi connectivity index (χ4v) is 4.62. The van der Waals surface area contributed by atoms with Gasteiger partial charge in [-0.1, -0.05) is 39.8 Å². The Bertz CT molecular complexity index is 1100. The molecule has 0 aromatic heterocycles. The summed E-state index contributed by atoms with van der Waals surface area (Å²) in [6, 6.07) is 4.00. The fraction of sp³-hybridized carbons (Fsp3) is 0.645. The van der Waals surface area contributed by atoms with E-state index in [0.717, 1.165) is 5.56 Å². The number of rotatable bonds is 17. The maximum absolute atomic E-state index is 13.3. The van der Waals surface area contributed by atoms with Gasteiger partial charge in [-0.2, -0.15) is 0 Å². The Hall–Kier alpha value is -3.87. The molecule has 0 saturated heterocycles. The first kappa shape index (κ1) is 38.2. The van der Waals surface area contributed by atoms with Gasteiger partial charge in [0.15, 0.2) is 0 Å². The minimum atomic E-state index is -0.968. The topological polar surface area (TPSA) is 192 Å². The van der Waals surface area contributed by atoms with E-state index in [1.165, 1.54) is 0 Å². The van der Waals surface area contributed by atoms with Gasteiger partial charge in [-0.15, -0.1) is 0 Å². The van der Waals surface area contributed by atoms with Gasteiger partial charge in [-0.25, -0.2) is 9.59 Å². The van der Waals surface area contributed by atoms with Crippen LogP contribution in [-0.2, 0) is 25.5 Å². The highest BCUT2D eigenvalue weighted by Crippen LogP contribution is 2.15. The van der Waals surface area contributed by atoms with E-state index in [2.05, 4.69) is 21.3 Å². The number of hydrogen-bond donors (Lipinski definition) is 6. The Morgan fingerprint density at radius 3 is 2.07 bits per heavy atom. The maximum Gasteiger partial charge on any atom is 0.408 e. The van der Waals surface area contributed by atoms with Gasteiger partial charge in [0.1, 0.15) is 23.7 Å². The normalized spacial score (nSPS) is 13.6. The standard InChI is InChI=1S/C31H52N6O7/c1-19(2)18-24(36-30(43)44-31(5,6)7)27(39)35-23(10-9-16-33-29(32)42)26(38)34-22-13-11-21(12-14-22)15-17-37(8)25(20(3)4)28(40)41/h11-14,19-20,23-25H,9-10,15-18H2,1-8H3,(H,34,38)(H,35,39)(H,36,43)(H,40,41)(H3,32,33,42). The summed E-state index contributed by atoms with van der Waals surface area (Å²) in [5.74, 6) is -1.83. The van der Waals surface area contributed by atoms with E-state index in [9.17, 15) is 29.1 Å². The van der Waals surface area contributed by atoms with E-state index in [-0.39, 0.29) is 24.8 Å². The minimum Gasteiger partial charge on any atom is -0.480 e. The van der Waals surface area contributed by atoms with Crippen molar-refractivity contribution in [1.29, 1.82) is 0 Å². The third-order valence-corrected chi connectivity index (χ3v) is 6.65. The monoisotopic (exact) mass is 620 g/mol. The molecule has 0 heterocycles. The number of likely N-dealkylation sites (N-methyl/N-ethyl adjacent to an activating group) is 1. The number of hydrogen-bond acceptors (Lipinski definition) is 7. The molecule has 13 heteroatoms. The van der Waals surface area contributed by atoms with Gasteiger partial charge in [-0.3, -0.25) is 19.3 Å². The van der Waals surface area contributed by atoms with E-state index in [0.29, 0.717) is 31.5 Å². The number of nitrogens with one attached hydrogen (secondary N) is 4. The molecule has 1 rings (SSSR count). The number of amides is 5. The molecule has 7 N–H and O–H groups in total. The van der Waals surface area contributed by atoms with Crippen molar-refractivity contribution in [3.05, 3.63) is 29.8 Å². The van der Waals surface area contributed by atoms with E-state index in [1.807, 2.05) is 44.7 Å². The van der Waals surface area contributed by atoms with Crippen molar-refractivity contribution in [2.45, 2.75) is 97.9 Å². The molecule has 0 fully saturated rings. The van der Waals surface area contributed by atoms with Crippen molar-refractivity contribution in [2.24, 2.45) is 17.6 Å². The SMILES string of the molecule is CC(C)CC(NC(=O)OC(C)(C)C)C(=O)NC(CCCNC(N)=O)C(=O)Nc1ccc(CCN(C)C(C(=O)O)C(C)C)cc1. The number of urea groups is 1. The number of anilines is 1. The number of benzene rings is 1. The summed E-state index contributed by atoms with van der Waals surface area (Å²) in [4.78, 5) is 63.5. The molecule has 0 aliphatic carbocycles. The number of primary amides is 1. The molecule has 0 radical (unpaired) electrons. The number of nitrogens with two attached hydrogens (primary N) is 1. The number of carboxylic acids is 1. The predicted octanol–water partition coefficient (Wildman–Crippen LogP) is 3.08. The third kappa shape index (κ3) is 15.0. The van der Waals surface area contributed by atoms with E-state index < -0.39 is 53.6 Å². The summed E-state index contributed by atoms with van der Waals surface area (Å²) in [6.07, 6.45) is 0.761. The van der Waals surface area contributed by atoms with Crippen LogP contribution in [0.2, 0.25) is 0 Å². The molecular formula is C31H52N6O7. The average Bonchev–Trinajstić information content (AvgIpc) is 2.87. The van der Waals surface area contributed by atoms with Gasteiger partial charge in [0, 0.05) is 18.8 Å². The quantitative estimate of drug-likeness (QED) is 0.143. The van der Waals surface area contributed by atoms with Gasteiger partial charge in [0.05, 0.1) is 0 Å². The number of carbonyl (C=O) groups excluding carboxylic acids is 4. The molecule has 0 saturated carbocycles. The second kappa shape index (κ2) is 18.1. The zero-order chi connectivity index (χ0) is 33.6. The van der Waals surface area contributed by atoms with Crippen molar-refractivity contribution in [1.82, 2.24) is 20.9 Å². The molecule has 5 amide bonds. The van der Waals surface area contributed by atoms with Crippen LogP contribution in [0.25, 0.3) is 0 Å². The number of carbonyl (C=O) groups is 5. The molecule has 0 spiro atoms. The lowest BCUT2D eigenvalue weighted by Gasteiger charge is -2.27. The molecule has 248 valence electrons. The van der Waals surface area contributed by atoms with Crippen molar-refractivity contribution < 1.29 is 33.8 Å². The third-order valence-electron chi connectivity index (χ3n) is 6.65.